The second kappa shape index (κ2) is 9.43. The van der Waals surface area contributed by atoms with Crippen LogP contribution in [0.3, 0.4) is 0 Å². The Balaban J connectivity index is 1.73. The van der Waals surface area contributed by atoms with Crippen molar-refractivity contribution in [2.45, 2.75) is 12.6 Å². The van der Waals surface area contributed by atoms with Crippen molar-refractivity contribution in [3.05, 3.63) is 71.3 Å². The average Bonchev–Trinajstić information content (AvgIpc) is 2.65. The molecule has 0 radical (unpaired) electrons. The van der Waals surface area contributed by atoms with E-state index in [1.54, 1.807) is 30.3 Å². The summed E-state index contributed by atoms with van der Waals surface area (Å²) < 4.78 is 37.8. The second-order valence-corrected chi connectivity index (χ2v) is 5.53. The summed E-state index contributed by atoms with van der Waals surface area (Å²) in [7, 11) is 0. The summed E-state index contributed by atoms with van der Waals surface area (Å²) in [6.07, 6.45) is -4.35. The van der Waals surface area contributed by atoms with Gasteiger partial charge in [0.2, 0.25) is 5.91 Å². The molecule has 0 saturated heterocycles. The third-order valence-electron chi connectivity index (χ3n) is 3.47. The van der Waals surface area contributed by atoms with E-state index in [1.165, 1.54) is 12.1 Å². The minimum atomic E-state index is -4.42. The number of carbonyl (C=O) groups is 2. The maximum atomic E-state index is 12.6. The molecule has 140 valence electrons. The Kier molecular flexibility index (Phi) is 7.00. The third kappa shape index (κ3) is 6.86. The molecule has 4 nitrogen and oxygen atoms in total. The van der Waals surface area contributed by atoms with Crippen molar-refractivity contribution < 1.29 is 22.8 Å². The Labute approximate surface area is 154 Å². The van der Waals surface area contributed by atoms with Gasteiger partial charge in [0.05, 0.1) is 12.1 Å². The molecule has 0 heterocycles. The number of halogens is 3. The fourth-order valence-corrected chi connectivity index (χ4v) is 2.13. The van der Waals surface area contributed by atoms with Gasteiger partial charge in [0, 0.05) is 24.1 Å². The first kappa shape index (κ1) is 20.0. The predicted molar refractivity (Wildman–Crippen MR) is 94.7 cm³/mol. The van der Waals surface area contributed by atoms with Crippen molar-refractivity contribution in [3.63, 3.8) is 0 Å². The first-order chi connectivity index (χ1) is 12.9. The summed E-state index contributed by atoms with van der Waals surface area (Å²) >= 11 is 0. The molecule has 2 N–H and O–H groups in total. The van der Waals surface area contributed by atoms with Gasteiger partial charge in [-0.15, -0.1) is 0 Å². The van der Waals surface area contributed by atoms with E-state index in [9.17, 15) is 22.8 Å². The highest BCUT2D eigenvalue weighted by Gasteiger charge is 2.30. The van der Waals surface area contributed by atoms with Crippen LogP contribution in [0.15, 0.2) is 54.6 Å². The van der Waals surface area contributed by atoms with E-state index in [0.29, 0.717) is 5.56 Å². The maximum absolute atomic E-state index is 12.6. The van der Waals surface area contributed by atoms with Gasteiger partial charge >= 0.3 is 6.18 Å². The molecule has 0 fully saturated rings. The van der Waals surface area contributed by atoms with E-state index >= 15 is 0 Å². The van der Waals surface area contributed by atoms with Crippen molar-refractivity contribution in [2.75, 3.05) is 13.1 Å². The number of carbonyl (C=O) groups excluding carboxylic acids is 2. The first-order valence-electron chi connectivity index (χ1n) is 8.12. The quantitative estimate of drug-likeness (QED) is 0.791. The van der Waals surface area contributed by atoms with Crippen LogP contribution in [0.5, 0.6) is 0 Å². The van der Waals surface area contributed by atoms with Gasteiger partial charge in [-0.1, -0.05) is 36.1 Å². The number of benzene rings is 2. The molecule has 0 unspecified atom stereocenters. The molecule has 0 aliphatic rings. The Morgan fingerprint density at radius 3 is 2.41 bits per heavy atom. The predicted octanol–water partition coefficient (Wildman–Crippen LogP) is 2.99. The van der Waals surface area contributed by atoms with Crippen molar-refractivity contribution >= 4 is 11.8 Å². The number of hydrogen-bond acceptors (Lipinski definition) is 2. The van der Waals surface area contributed by atoms with Crippen LogP contribution in [0.1, 0.15) is 27.9 Å². The first-order valence-corrected chi connectivity index (χ1v) is 8.12. The van der Waals surface area contributed by atoms with E-state index in [4.69, 9.17) is 0 Å². The van der Waals surface area contributed by atoms with Crippen molar-refractivity contribution in [1.82, 2.24) is 10.6 Å². The van der Waals surface area contributed by atoms with Gasteiger partial charge in [-0.25, -0.2) is 0 Å². The molecule has 2 rings (SSSR count). The average molecular weight is 374 g/mol. The van der Waals surface area contributed by atoms with Crippen LogP contribution in [-0.4, -0.2) is 24.9 Å². The van der Waals surface area contributed by atoms with Crippen LogP contribution in [0.25, 0.3) is 0 Å². The highest BCUT2D eigenvalue weighted by atomic mass is 19.4. The molecule has 2 aromatic carbocycles. The van der Waals surface area contributed by atoms with Gasteiger partial charge < -0.3 is 10.6 Å². The van der Waals surface area contributed by atoms with E-state index in [2.05, 4.69) is 22.5 Å². The number of amides is 2. The van der Waals surface area contributed by atoms with Crippen LogP contribution in [0, 0.1) is 11.8 Å². The van der Waals surface area contributed by atoms with Crippen molar-refractivity contribution in [2.24, 2.45) is 0 Å². The third-order valence-corrected chi connectivity index (χ3v) is 3.47. The zero-order valence-electron chi connectivity index (χ0n) is 14.3. The van der Waals surface area contributed by atoms with Crippen LogP contribution in [-0.2, 0) is 11.0 Å². The molecule has 0 spiro atoms. The minimum absolute atomic E-state index is 0.00170. The van der Waals surface area contributed by atoms with E-state index in [1.807, 2.05) is 0 Å². The van der Waals surface area contributed by atoms with E-state index in [0.717, 1.165) is 12.1 Å². The Morgan fingerprint density at radius 1 is 0.963 bits per heavy atom. The Hall–Kier alpha value is -3.27. The number of nitrogens with one attached hydrogen (secondary N) is 2. The molecular weight excluding hydrogens is 357 g/mol. The van der Waals surface area contributed by atoms with Gasteiger partial charge in [-0.05, 0) is 30.3 Å². The molecule has 7 heteroatoms. The molecule has 0 aromatic heterocycles. The number of alkyl halides is 3. The van der Waals surface area contributed by atoms with Crippen LogP contribution in [0.2, 0.25) is 0 Å². The SMILES string of the molecule is O=C(CCNC(=O)c1ccccc1)NCC#Cc1cccc(C(F)(F)F)c1. The lowest BCUT2D eigenvalue weighted by Gasteiger charge is -2.06. The summed E-state index contributed by atoms with van der Waals surface area (Å²) in [5, 5.41) is 5.15. The maximum Gasteiger partial charge on any atom is 0.416 e. The minimum Gasteiger partial charge on any atom is -0.352 e. The summed E-state index contributed by atoms with van der Waals surface area (Å²) in [5.41, 5.74) is -0.0495. The Morgan fingerprint density at radius 2 is 1.70 bits per heavy atom. The smallest absolute Gasteiger partial charge is 0.352 e. The van der Waals surface area contributed by atoms with Crippen LogP contribution >= 0.6 is 0 Å². The molecule has 0 aliphatic carbocycles. The number of hydrogen-bond donors (Lipinski definition) is 2. The summed E-state index contributed by atoms with van der Waals surface area (Å²) in [6.45, 7) is 0.169. The highest BCUT2D eigenvalue weighted by Crippen LogP contribution is 2.29. The molecular formula is C20H17F3N2O2. The van der Waals surface area contributed by atoms with Gasteiger partial charge in [0.25, 0.3) is 5.91 Å². The summed E-state index contributed by atoms with van der Waals surface area (Å²) in [4.78, 5) is 23.5. The van der Waals surface area contributed by atoms with Gasteiger partial charge in [0.15, 0.2) is 0 Å². The molecule has 0 saturated carbocycles. The molecule has 0 atom stereocenters. The molecule has 0 aliphatic heterocycles. The fourth-order valence-electron chi connectivity index (χ4n) is 2.13. The lowest BCUT2D eigenvalue weighted by molar-refractivity contribution is -0.137. The van der Waals surface area contributed by atoms with Crippen molar-refractivity contribution in [3.8, 4) is 11.8 Å². The zero-order chi connectivity index (χ0) is 19.7. The fraction of sp³-hybridized carbons (Fsp3) is 0.200. The summed E-state index contributed by atoms with van der Waals surface area (Å²) in [5.74, 6) is 4.59. The van der Waals surface area contributed by atoms with E-state index in [-0.39, 0.29) is 36.9 Å². The van der Waals surface area contributed by atoms with Crippen LogP contribution in [0.4, 0.5) is 13.2 Å². The molecule has 2 amide bonds. The lowest BCUT2D eigenvalue weighted by atomic mass is 10.1. The van der Waals surface area contributed by atoms with Gasteiger partial charge in [-0.2, -0.15) is 13.2 Å². The second-order valence-electron chi connectivity index (χ2n) is 5.53. The van der Waals surface area contributed by atoms with E-state index < -0.39 is 11.7 Å². The summed E-state index contributed by atoms with van der Waals surface area (Å²) in [6, 6.07) is 13.3. The normalized spacial score (nSPS) is 10.5. The van der Waals surface area contributed by atoms with Gasteiger partial charge in [0.1, 0.15) is 0 Å². The highest BCUT2D eigenvalue weighted by molar-refractivity contribution is 5.94. The zero-order valence-corrected chi connectivity index (χ0v) is 14.3. The monoisotopic (exact) mass is 374 g/mol. The largest absolute Gasteiger partial charge is 0.416 e. The van der Waals surface area contributed by atoms with Crippen LogP contribution < -0.4 is 10.6 Å². The number of rotatable bonds is 5. The topological polar surface area (TPSA) is 58.2 Å². The standard InChI is InChI=1S/C20H17F3N2O2/c21-20(22,23)17-10-4-6-15(14-17)7-5-12-24-18(26)11-13-25-19(27)16-8-2-1-3-9-16/h1-4,6,8-10,14H,11-13H2,(H,24,26)(H,25,27). The Bertz CT molecular complexity index is 853. The van der Waals surface area contributed by atoms with Crippen molar-refractivity contribution in [1.29, 1.82) is 0 Å². The molecule has 0 bridgehead atoms. The molecule has 27 heavy (non-hydrogen) atoms. The van der Waals surface area contributed by atoms with Gasteiger partial charge in [-0.3, -0.25) is 9.59 Å². The molecule has 2 aromatic rings. The lowest BCUT2D eigenvalue weighted by Crippen LogP contribution is -2.30.